The summed E-state index contributed by atoms with van der Waals surface area (Å²) in [5.41, 5.74) is -3.71. The maximum Gasteiger partial charge on any atom is 0.404 e. The van der Waals surface area contributed by atoms with E-state index in [2.05, 4.69) is 22.3 Å². The molecule has 4 fully saturated rings. The normalized spacial score (nSPS) is 22.3. The highest BCUT2D eigenvalue weighted by atomic mass is 32.2. The van der Waals surface area contributed by atoms with Crippen LogP contribution in [0.5, 0.6) is 0 Å². The summed E-state index contributed by atoms with van der Waals surface area (Å²) in [6, 6.07) is 13.9. The highest BCUT2D eigenvalue weighted by Gasteiger charge is 2.59. The number of carbonyl (C=O) groups is 5. The molecule has 11 nitrogen and oxygen atoms in total. The third kappa shape index (κ3) is 11.2. The van der Waals surface area contributed by atoms with Gasteiger partial charge in [-0.2, -0.15) is 8.78 Å². The average molecular weight is 960 g/mol. The van der Waals surface area contributed by atoms with Crippen LogP contribution in [0, 0.1) is 11.8 Å². The first kappa shape index (κ1) is 48.8. The number of rotatable bonds is 18. The van der Waals surface area contributed by atoms with E-state index in [4.69, 9.17) is 9.05 Å². The number of likely N-dealkylation sites (tertiary alicyclic amines) is 1. The number of nitrogens with one attached hydrogen (secondary N) is 1. The molecule has 2 unspecified atom stereocenters. The lowest BCUT2D eigenvalue weighted by Crippen LogP contribution is -2.57. The van der Waals surface area contributed by atoms with Crippen molar-refractivity contribution in [3.05, 3.63) is 70.6 Å². The van der Waals surface area contributed by atoms with Crippen LogP contribution in [0.25, 0.3) is 10.1 Å². The van der Waals surface area contributed by atoms with Gasteiger partial charge in [0.1, 0.15) is 12.1 Å². The van der Waals surface area contributed by atoms with Gasteiger partial charge in [-0.3, -0.25) is 28.5 Å². The van der Waals surface area contributed by atoms with E-state index in [-0.39, 0.29) is 67.8 Å². The highest BCUT2D eigenvalue weighted by Crippen LogP contribution is 2.67. The molecule has 64 heavy (non-hydrogen) atoms. The summed E-state index contributed by atoms with van der Waals surface area (Å²) in [4.78, 5) is 71.4. The first-order valence-corrected chi connectivity index (χ1v) is 26.9. The lowest BCUT2D eigenvalue weighted by molar-refractivity contribution is -0.148. The second-order valence-electron chi connectivity index (χ2n) is 18.5. The molecule has 0 bridgehead atoms. The largest absolute Gasteiger partial charge is 0.404 e. The van der Waals surface area contributed by atoms with Crippen LogP contribution in [0.1, 0.15) is 125 Å². The van der Waals surface area contributed by atoms with Gasteiger partial charge in [-0.05, 0) is 85.9 Å². The summed E-state index contributed by atoms with van der Waals surface area (Å²) in [7, 11) is -5.23. The van der Waals surface area contributed by atoms with Crippen LogP contribution in [0.2, 0.25) is 0 Å². The predicted molar refractivity (Wildman–Crippen MR) is 250 cm³/mol. The van der Waals surface area contributed by atoms with E-state index in [0.29, 0.717) is 42.3 Å². The van der Waals surface area contributed by atoms with Crippen LogP contribution < -0.4 is 5.32 Å². The second kappa shape index (κ2) is 20.8. The number of thioether (sulfide) groups is 2. The molecule has 3 saturated heterocycles. The number of halogens is 2. The Morgan fingerprint density at radius 3 is 2.16 bits per heavy atom. The molecular formula is C47H60F2N3O8PS3. The molecule has 3 aliphatic heterocycles. The highest BCUT2D eigenvalue weighted by molar-refractivity contribution is 8.13. The van der Waals surface area contributed by atoms with Gasteiger partial charge in [-0.25, -0.2) is 0 Å². The molecule has 1 aliphatic carbocycles. The van der Waals surface area contributed by atoms with E-state index in [1.807, 2.05) is 45.9 Å². The summed E-state index contributed by atoms with van der Waals surface area (Å²) in [6.45, 7) is 7.31. The van der Waals surface area contributed by atoms with Crippen LogP contribution in [0.15, 0.2) is 54.6 Å². The first-order valence-electron chi connectivity index (χ1n) is 22.6. The fraction of sp³-hybridized carbons (Fsp3) is 0.596. The summed E-state index contributed by atoms with van der Waals surface area (Å²) in [5, 5.41) is 2.97. The molecule has 17 heteroatoms. The molecular weight excluding hydrogens is 900 g/mol. The van der Waals surface area contributed by atoms with Crippen molar-refractivity contribution in [3.63, 3.8) is 0 Å². The molecule has 3 amide bonds. The maximum absolute atomic E-state index is 16.5. The Bertz CT molecular complexity index is 2200. The number of hydrogen-bond donors (Lipinski definition) is 1. The number of fused-ring (bicyclic) bond motifs is 2. The fourth-order valence-corrected chi connectivity index (χ4v) is 13.8. The number of thiophene rings is 1. The molecule has 1 spiro atoms. The van der Waals surface area contributed by atoms with Crippen molar-refractivity contribution in [2.75, 3.05) is 31.3 Å². The van der Waals surface area contributed by atoms with Crippen molar-refractivity contribution in [2.45, 2.75) is 134 Å². The third-order valence-electron chi connectivity index (χ3n) is 12.7. The minimum atomic E-state index is -5.23. The number of carbonyl (C=O) groups excluding carboxylic acids is 5. The lowest BCUT2D eigenvalue weighted by atomic mass is 9.96. The molecule has 3 aromatic rings. The zero-order valence-corrected chi connectivity index (χ0v) is 40.4. The van der Waals surface area contributed by atoms with Crippen LogP contribution in [-0.4, -0.2) is 92.7 Å². The minimum absolute atomic E-state index is 0.00106. The average Bonchev–Trinajstić information content (AvgIpc) is 3.53. The number of amides is 3. The van der Waals surface area contributed by atoms with Crippen molar-refractivity contribution in [2.24, 2.45) is 11.8 Å². The summed E-state index contributed by atoms with van der Waals surface area (Å²) < 4.78 is 58.2. The zero-order chi connectivity index (χ0) is 45.8. The topological polar surface area (TPSA) is 139 Å². The van der Waals surface area contributed by atoms with Gasteiger partial charge in [0.2, 0.25) is 11.8 Å². The smallest absolute Gasteiger partial charge is 0.340 e. The third-order valence-corrected chi connectivity index (χ3v) is 17.5. The van der Waals surface area contributed by atoms with Gasteiger partial charge in [0, 0.05) is 58.7 Å². The fourth-order valence-electron chi connectivity index (χ4n) is 9.37. The Morgan fingerprint density at radius 1 is 0.891 bits per heavy atom. The molecule has 4 aliphatic rings. The number of benzene rings is 2. The summed E-state index contributed by atoms with van der Waals surface area (Å²) in [6.07, 6.45) is 7.53. The number of alkyl halides is 2. The van der Waals surface area contributed by atoms with Crippen molar-refractivity contribution < 1.29 is 46.4 Å². The van der Waals surface area contributed by atoms with E-state index >= 15 is 8.78 Å². The van der Waals surface area contributed by atoms with Gasteiger partial charge in [0.05, 0.1) is 18.1 Å². The zero-order valence-electron chi connectivity index (χ0n) is 37.1. The quantitative estimate of drug-likeness (QED) is 0.0968. The Kier molecular flexibility index (Phi) is 15.9. The summed E-state index contributed by atoms with van der Waals surface area (Å²) >= 11 is 2.91. The van der Waals surface area contributed by atoms with Crippen molar-refractivity contribution in [3.8, 4) is 0 Å². The lowest BCUT2D eigenvalue weighted by Gasteiger charge is -2.37. The molecule has 348 valence electrons. The molecule has 7 rings (SSSR count). The second-order valence-corrected chi connectivity index (χ2v) is 24.0. The minimum Gasteiger partial charge on any atom is -0.340 e. The molecule has 1 N–H and O–H groups in total. The van der Waals surface area contributed by atoms with E-state index in [1.54, 1.807) is 4.90 Å². The summed E-state index contributed by atoms with van der Waals surface area (Å²) in [5.74, 6) is -0.326. The van der Waals surface area contributed by atoms with Crippen LogP contribution >= 0.6 is 42.5 Å². The first-order chi connectivity index (χ1) is 30.5. The van der Waals surface area contributed by atoms with Gasteiger partial charge in [0.15, 0.2) is 10.2 Å². The number of hydrogen-bond acceptors (Lipinski definition) is 11. The Hall–Kier alpha value is -3.14. The molecule has 4 atom stereocenters. The van der Waals surface area contributed by atoms with E-state index in [0.717, 1.165) is 91.9 Å². The van der Waals surface area contributed by atoms with E-state index in [1.165, 1.54) is 17.7 Å². The Labute approximate surface area is 387 Å². The standard InChI is InChI=1S/C47H60F2N3O8PS3/c1-30(2)24-41(53)62-22-20-59-61(58,60-21-23-63-42(54)25-31(3)4)47(48,49)35-14-17-39-33(26-35)27-40(64-39)43(55)50-37-13-9-8-12-36-15-16-38(52(36)44(37)56)45(57)51-29-34(28-46(51)18-19-46)32-10-6-5-7-11-32/h5-7,10-11,14,17,26-27,30-31,34,36-38H,8-9,12-13,15-16,18-25,28-29H2,1-4H3,(H,50,55)/t34?,36-,37?,38-/m0/s1. The van der Waals surface area contributed by atoms with E-state index in [9.17, 15) is 28.5 Å². The van der Waals surface area contributed by atoms with E-state index < -0.39 is 50.0 Å². The van der Waals surface area contributed by atoms with Gasteiger partial charge in [0.25, 0.3) is 5.91 Å². The number of nitrogens with zero attached hydrogens (tertiary/aromatic N) is 2. The molecule has 1 aromatic heterocycles. The molecule has 2 aromatic carbocycles. The van der Waals surface area contributed by atoms with Crippen LogP contribution in [0.3, 0.4) is 0 Å². The van der Waals surface area contributed by atoms with Crippen molar-refractivity contribution >= 4 is 80.5 Å². The van der Waals surface area contributed by atoms with Gasteiger partial charge >= 0.3 is 13.3 Å². The van der Waals surface area contributed by atoms with Crippen LogP contribution in [0.4, 0.5) is 8.78 Å². The SMILES string of the molecule is CC(C)CC(=O)SCCOP(=O)(OCCSC(=O)CC(C)C)C(F)(F)c1ccc2sc(C(=O)NC3CCCC[C@H]4CC[C@@H](C(=O)N5CC(c6ccccc6)CC56CC6)N4C3=O)cc2c1. The molecule has 0 radical (unpaired) electrons. The maximum atomic E-state index is 16.5. The van der Waals surface area contributed by atoms with Crippen LogP contribution in [-0.2, 0) is 38.5 Å². The Balaban J connectivity index is 1.04. The van der Waals surface area contributed by atoms with Gasteiger partial charge in [-0.1, -0.05) is 100 Å². The predicted octanol–water partition coefficient (Wildman–Crippen LogP) is 10.4. The van der Waals surface area contributed by atoms with Gasteiger partial charge < -0.3 is 24.2 Å². The molecule has 4 heterocycles. The van der Waals surface area contributed by atoms with Gasteiger partial charge in [-0.15, -0.1) is 11.3 Å². The Morgan fingerprint density at radius 2 is 1.53 bits per heavy atom. The molecule has 1 saturated carbocycles. The van der Waals surface area contributed by atoms with Crippen molar-refractivity contribution in [1.29, 1.82) is 0 Å². The monoisotopic (exact) mass is 959 g/mol. The van der Waals surface area contributed by atoms with Crippen molar-refractivity contribution in [1.82, 2.24) is 15.1 Å².